The molecule has 2 rings (SSSR count). The van der Waals surface area contributed by atoms with Gasteiger partial charge in [0.1, 0.15) is 0 Å². The molecule has 1 heterocycles. The van der Waals surface area contributed by atoms with Crippen LogP contribution in [0.15, 0.2) is 18.2 Å². The van der Waals surface area contributed by atoms with Crippen LogP contribution in [0.3, 0.4) is 0 Å². The van der Waals surface area contributed by atoms with Gasteiger partial charge in [-0.2, -0.15) is 0 Å². The topological polar surface area (TPSA) is 35.2 Å². The summed E-state index contributed by atoms with van der Waals surface area (Å²) in [6, 6.07) is 6.35. The van der Waals surface area contributed by atoms with Crippen molar-refractivity contribution in [3.05, 3.63) is 34.9 Å². The summed E-state index contributed by atoms with van der Waals surface area (Å²) >= 11 is 0. The Morgan fingerprint density at radius 1 is 1.46 bits per heavy atom. The third-order valence-electron chi connectivity index (χ3n) is 2.64. The second-order valence-corrected chi connectivity index (χ2v) is 3.99. The molecule has 1 aromatic rings. The molecule has 70 valence electrons. The first kappa shape index (κ1) is 8.73. The van der Waals surface area contributed by atoms with Crippen LogP contribution in [-0.2, 0) is 23.5 Å². The van der Waals surface area contributed by atoms with Crippen molar-refractivity contribution < 1.29 is 4.74 Å². The monoisotopic (exact) mass is 177 g/mol. The molecule has 0 amide bonds. The van der Waals surface area contributed by atoms with E-state index in [9.17, 15) is 0 Å². The number of benzene rings is 1. The Bertz CT molecular complexity index is 331. The lowest BCUT2D eigenvalue weighted by molar-refractivity contribution is -0.00789. The molecule has 0 radical (unpaired) electrons. The lowest BCUT2D eigenvalue weighted by atomic mass is 9.95. The van der Waals surface area contributed by atoms with Crippen molar-refractivity contribution in [3.63, 3.8) is 0 Å². The van der Waals surface area contributed by atoms with Crippen LogP contribution in [0.5, 0.6) is 0 Å². The number of ether oxygens (including phenoxy) is 1. The summed E-state index contributed by atoms with van der Waals surface area (Å²) in [4.78, 5) is 0. The molecule has 0 saturated carbocycles. The molecule has 0 saturated heterocycles. The fourth-order valence-corrected chi connectivity index (χ4v) is 1.82. The van der Waals surface area contributed by atoms with Gasteiger partial charge in [-0.05, 0) is 30.5 Å². The van der Waals surface area contributed by atoms with Crippen molar-refractivity contribution in [2.75, 3.05) is 0 Å². The summed E-state index contributed by atoms with van der Waals surface area (Å²) in [6.45, 7) is 5.52. The Hall–Kier alpha value is -0.860. The van der Waals surface area contributed by atoms with Gasteiger partial charge in [-0.1, -0.05) is 18.2 Å². The summed E-state index contributed by atoms with van der Waals surface area (Å²) in [7, 11) is 0. The van der Waals surface area contributed by atoms with E-state index in [1.54, 1.807) is 0 Å². The molecule has 0 spiro atoms. The van der Waals surface area contributed by atoms with Gasteiger partial charge in [0, 0.05) is 6.54 Å². The normalized spacial score (nSPS) is 18.7. The minimum absolute atomic E-state index is 0.123. The van der Waals surface area contributed by atoms with Gasteiger partial charge in [0.15, 0.2) is 0 Å². The first-order chi connectivity index (χ1) is 6.13. The molecule has 0 unspecified atom stereocenters. The largest absolute Gasteiger partial charge is 0.366 e. The van der Waals surface area contributed by atoms with Gasteiger partial charge in [0.2, 0.25) is 0 Å². The van der Waals surface area contributed by atoms with E-state index in [4.69, 9.17) is 10.5 Å². The third-order valence-corrected chi connectivity index (χ3v) is 2.64. The fraction of sp³-hybridized carbons (Fsp3) is 0.455. The van der Waals surface area contributed by atoms with E-state index in [-0.39, 0.29) is 5.60 Å². The second-order valence-electron chi connectivity index (χ2n) is 3.99. The van der Waals surface area contributed by atoms with E-state index in [1.165, 1.54) is 16.7 Å². The Labute approximate surface area is 78.7 Å². The zero-order valence-corrected chi connectivity index (χ0v) is 8.13. The van der Waals surface area contributed by atoms with Crippen molar-refractivity contribution in [2.45, 2.75) is 32.6 Å². The summed E-state index contributed by atoms with van der Waals surface area (Å²) < 4.78 is 5.67. The number of hydrogen-bond donors (Lipinski definition) is 1. The second kappa shape index (κ2) is 2.82. The maximum Gasteiger partial charge on any atom is 0.0883 e. The minimum atomic E-state index is -0.123. The maximum absolute atomic E-state index is 5.67. The quantitative estimate of drug-likeness (QED) is 0.711. The Morgan fingerprint density at radius 3 is 2.92 bits per heavy atom. The highest BCUT2D eigenvalue weighted by molar-refractivity contribution is 5.37. The van der Waals surface area contributed by atoms with Crippen LogP contribution in [0, 0.1) is 0 Å². The van der Waals surface area contributed by atoms with Crippen LogP contribution in [0.1, 0.15) is 30.5 Å². The standard InChI is InChI=1S/C11H15NO/c1-11(2)10-4-3-8(6-12)5-9(10)7-13-11/h3-5H,6-7,12H2,1-2H3. The molecule has 0 atom stereocenters. The Kier molecular flexibility index (Phi) is 1.90. The van der Waals surface area contributed by atoms with Gasteiger partial charge in [0.05, 0.1) is 12.2 Å². The van der Waals surface area contributed by atoms with Gasteiger partial charge < -0.3 is 10.5 Å². The van der Waals surface area contributed by atoms with Gasteiger partial charge in [0.25, 0.3) is 0 Å². The number of rotatable bonds is 1. The molecule has 2 N–H and O–H groups in total. The maximum atomic E-state index is 5.67. The van der Waals surface area contributed by atoms with Crippen LogP contribution in [-0.4, -0.2) is 0 Å². The van der Waals surface area contributed by atoms with Crippen molar-refractivity contribution in [1.29, 1.82) is 0 Å². The molecular weight excluding hydrogens is 162 g/mol. The van der Waals surface area contributed by atoms with Crippen LogP contribution < -0.4 is 5.73 Å². The summed E-state index contributed by atoms with van der Waals surface area (Å²) in [5, 5.41) is 0. The van der Waals surface area contributed by atoms with E-state index in [2.05, 4.69) is 32.0 Å². The van der Waals surface area contributed by atoms with Gasteiger partial charge in [-0.25, -0.2) is 0 Å². The number of fused-ring (bicyclic) bond motifs is 1. The molecule has 1 aromatic carbocycles. The zero-order chi connectivity index (χ0) is 9.47. The van der Waals surface area contributed by atoms with E-state index in [1.807, 2.05) is 0 Å². The lowest BCUT2D eigenvalue weighted by Gasteiger charge is -2.18. The predicted octanol–water partition coefficient (Wildman–Crippen LogP) is 1.91. The molecule has 2 nitrogen and oxygen atoms in total. The van der Waals surface area contributed by atoms with Crippen LogP contribution in [0.25, 0.3) is 0 Å². The van der Waals surface area contributed by atoms with E-state index in [0.29, 0.717) is 6.54 Å². The molecule has 2 heteroatoms. The number of hydrogen-bond acceptors (Lipinski definition) is 2. The first-order valence-corrected chi connectivity index (χ1v) is 4.60. The van der Waals surface area contributed by atoms with Crippen LogP contribution in [0.4, 0.5) is 0 Å². The average molecular weight is 177 g/mol. The average Bonchev–Trinajstić information content (AvgIpc) is 2.42. The van der Waals surface area contributed by atoms with Crippen LogP contribution in [0.2, 0.25) is 0 Å². The molecule has 1 aliphatic heterocycles. The van der Waals surface area contributed by atoms with E-state index in [0.717, 1.165) is 6.61 Å². The Balaban J connectivity index is 2.46. The van der Waals surface area contributed by atoms with Crippen molar-refractivity contribution in [2.24, 2.45) is 5.73 Å². The number of nitrogens with two attached hydrogens (primary N) is 1. The van der Waals surface area contributed by atoms with Gasteiger partial charge >= 0.3 is 0 Å². The molecule has 1 aliphatic rings. The van der Waals surface area contributed by atoms with Gasteiger partial charge in [-0.15, -0.1) is 0 Å². The SMILES string of the molecule is CC1(C)OCc2cc(CN)ccc21. The van der Waals surface area contributed by atoms with Crippen molar-refractivity contribution >= 4 is 0 Å². The van der Waals surface area contributed by atoms with E-state index < -0.39 is 0 Å². The smallest absolute Gasteiger partial charge is 0.0883 e. The van der Waals surface area contributed by atoms with Crippen LogP contribution >= 0.6 is 0 Å². The molecule has 0 bridgehead atoms. The molecule has 13 heavy (non-hydrogen) atoms. The van der Waals surface area contributed by atoms with Crippen molar-refractivity contribution in [1.82, 2.24) is 0 Å². The minimum Gasteiger partial charge on any atom is -0.366 e. The fourth-order valence-electron chi connectivity index (χ4n) is 1.82. The Morgan fingerprint density at radius 2 is 2.23 bits per heavy atom. The molecule has 0 aliphatic carbocycles. The predicted molar refractivity (Wildman–Crippen MR) is 52.1 cm³/mol. The highest BCUT2D eigenvalue weighted by Crippen LogP contribution is 2.35. The molecular formula is C11H15NO. The first-order valence-electron chi connectivity index (χ1n) is 4.60. The van der Waals surface area contributed by atoms with Gasteiger partial charge in [-0.3, -0.25) is 0 Å². The summed E-state index contributed by atoms with van der Waals surface area (Å²) in [6.07, 6.45) is 0. The summed E-state index contributed by atoms with van der Waals surface area (Å²) in [5.41, 5.74) is 9.21. The highest BCUT2D eigenvalue weighted by atomic mass is 16.5. The van der Waals surface area contributed by atoms with E-state index >= 15 is 0 Å². The molecule has 0 aromatic heterocycles. The lowest BCUT2D eigenvalue weighted by Crippen LogP contribution is -2.14. The third kappa shape index (κ3) is 1.36. The molecule has 0 fully saturated rings. The van der Waals surface area contributed by atoms with Crippen molar-refractivity contribution in [3.8, 4) is 0 Å². The highest BCUT2D eigenvalue weighted by Gasteiger charge is 2.30. The zero-order valence-electron chi connectivity index (χ0n) is 8.13. The summed E-state index contributed by atoms with van der Waals surface area (Å²) in [5.74, 6) is 0.